The predicted molar refractivity (Wildman–Crippen MR) is 64.7 cm³/mol. The van der Waals surface area contributed by atoms with Crippen molar-refractivity contribution in [3.63, 3.8) is 0 Å². The van der Waals surface area contributed by atoms with Crippen LogP contribution < -0.4 is 0 Å². The second kappa shape index (κ2) is 4.31. The molecule has 0 fully saturated rings. The quantitative estimate of drug-likeness (QED) is 0.619. The van der Waals surface area contributed by atoms with Gasteiger partial charge in [-0.3, -0.25) is 0 Å². The van der Waals surface area contributed by atoms with Crippen LogP contribution in [0.5, 0.6) is 0 Å². The van der Waals surface area contributed by atoms with Crippen molar-refractivity contribution in [2.24, 2.45) is 0 Å². The van der Waals surface area contributed by atoms with Gasteiger partial charge < -0.3 is 4.42 Å². The highest BCUT2D eigenvalue weighted by Gasteiger charge is 2.04. The van der Waals surface area contributed by atoms with Crippen LogP contribution in [0, 0.1) is 0 Å². The van der Waals surface area contributed by atoms with E-state index in [1.54, 1.807) is 6.20 Å². The van der Waals surface area contributed by atoms with Gasteiger partial charge in [0.05, 0.1) is 10.6 Å². The van der Waals surface area contributed by atoms with Crippen molar-refractivity contribution in [3.8, 4) is 11.3 Å². The van der Waals surface area contributed by atoms with E-state index in [1.807, 2.05) is 24.3 Å². The third-order valence-electron chi connectivity index (χ3n) is 1.78. The Balaban J connectivity index is 2.39. The lowest BCUT2D eigenvalue weighted by molar-refractivity contribution is 0.533. The molecule has 0 bridgehead atoms. The van der Waals surface area contributed by atoms with Gasteiger partial charge in [0.1, 0.15) is 0 Å². The molecule has 14 heavy (non-hydrogen) atoms. The van der Waals surface area contributed by atoms with Crippen molar-refractivity contribution < 1.29 is 4.42 Å². The smallest absolute Gasteiger partial charge is 0.204 e. The summed E-state index contributed by atoms with van der Waals surface area (Å²) >= 11 is 8.08. The summed E-state index contributed by atoms with van der Waals surface area (Å²) in [5.41, 5.74) is 0.959. The Labute approximate surface area is 100 Å². The first-order valence-electron chi connectivity index (χ1n) is 4.06. The Morgan fingerprint density at radius 3 is 2.93 bits per heavy atom. The summed E-state index contributed by atoms with van der Waals surface area (Å²) in [5.74, 6) is 1.50. The minimum absolute atomic E-state index is 0.704. The van der Waals surface area contributed by atoms with Crippen LogP contribution in [-0.4, -0.2) is 4.98 Å². The van der Waals surface area contributed by atoms with Crippen molar-refractivity contribution >= 4 is 34.2 Å². The zero-order chi connectivity index (χ0) is 9.97. The molecular formula is C10H7ClINO. The molecule has 2 nitrogen and oxygen atoms in total. The number of alkyl halides is 1. The highest BCUT2D eigenvalue weighted by atomic mass is 127. The Morgan fingerprint density at radius 1 is 1.43 bits per heavy atom. The summed E-state index contributed by atoms with van der Waals surface area (Å²) in [6.07, 6.45) is 1.72. The van der Waals surface area contributed by atoms with Gasteiger partial charge in [-0.1, -0.05) is 46.3 Å². The summed E-state index contributed by atoms with van der Waals surface area (Å²) in [6.45, 7) is 0. The van der Waals surface area contributed by atoms with Crippen LogP contribution in [0.15, 0.2) is 34.9 Å². The zero-order valence-corrected chi connectivity index (χ0v) is 10.1. The lowest BCUT2D eigenvalue weighted by Crippen LogP contribution is -1.73. The van der Waals surface area contributed by atoms with Gasteiger partial charge in [-0.2, -0.15) is 0 Å². The molecule has 0 aliphatic carbocycles. The molecule has 0 saturated carbocycles. The number of aromatic nitrogens is 1. The average molecular weight is 320 g/mol. The first-order valence-corrected chi connectivity index (χ1v) is 5.96. The van der Waals surface area contributed by atoms with Crippen LogP contribution in [-0.2, 0) is 4.43 Å². The van der Waals surface area contributed by atoms with Crippen LogP contribution in [0.1, 0.15) is 5.89 Å². The Kier molecular flexibility index (Phi) is 3.08. The van der Waals surface area contributed by atoms with E-state index in [2.05, 4.69) is 27.6 Å². The normalized spacial score (nSPS) is 10.4. The van der Waals surface area contributed by atoms with Gasteiger partial charge in [0.2, 0.25) is 5.89 Å². The SMILES string of the molecule is Clc1cccc(-c2cnc(CI)o2)c1. The minimum atomic E-state index is 0.704. The van der Waals surface area contributed by atoms with Gasteiger partial charge in [-0.25, -0.2) is 4.98 Å². The van der Waals surface area contributed by atoms with E-state index in [1.165, 1.54) is 0 Å². The number of hydrogen-bond donors (Lipinski definition) is 0. The maximum Gasteiger partial charge on any atom is 0.204 e. The summed E-state index contributed by atoms with van der Waals surface area (Å²) < 4.78 is 6.27. The largest absolute Gasteiger partial charge is 0.440 e. The standard InChI is InChI=1S/C10H7ClINO/c11-8-3-1-2-7(4-8)9-6-13-10(5-12)14-9/h1-4,6H,5H2. The molecule has 0 atom stereocenters. The van der Waals surface area contributed by atoms with Crippen LogP contribution >= 0.6 is 34.2 Å². The molecule has 0 unspecified atom stereocenters. The lowest BCUT2D eigenvalue weighted by Gasteiger charge is -1.95. The third kappa shape index (κ3) is 2.09. The van der Waals surface area contributed by atoms with E-state index >= 15 is 0 Å². The summed E-state index contributed by atoms with van der Waals surface area (Å²) in [5, 5.41) is 0.704. The summed E-state index contributed by atoms with van der Waals surface area (Å²) in [6, 6.07) is 7.53. The maximum atomic E-state index is 5.87. The highest BCUT2D eigenvalue weighted by molar-refractivity contribution is 14.1. The molecule has 2 rings (SSSR count). The molecule has 4 heteroatoms. The molecule has 0 aliphatic heterocycles. The molecule has 2 aromatic rings. The Hall–Kier alpha value is -0.550. The predicted octanol–water partition coefficient (Wildman–Crippen LogP) is 3.93. The molecule has 1 heterocycles. The first kappa shape index (κ1) is 9.98. The minimum Gasteiger partial charge on any atom is -0.440 e. The van der Waals surface area contributed by atoms with Crippen LogP contribution in [0.3, 0.4) is 0 Å². The number of benzene rings is 1. The Bertz CT molecular complexity index is 441. The van der Waals surface area contributed by atoms with E-state index in [-0.39, 0.29) is 0 Å². The van der Waals surface area contributed by atoms with Crippen LogP contribution in [0.25, 0.3) is 11.3 Å². The second-order valence-corrected chi connectivity index (χ2v) is 3.96. The lowest BCUT2D eigenvalue weighted by atomic mass is 10.2. The van der Waals surface area contributed by atoms with Crippen molar-refractivity contribution in [2.75, 3.05) is 0 Å². The van der Waals surface area contributed by atoms with Gasteiger partial charge in [-0.15, -0.1) is 0 Å². The number of hydrogen-bond acceptors (Lipinski definition) is 2. The molecule has 0 saturated heterocycles. The number of rotatable bonds is 2. The van der Waals surface area contributed by atoms with E-state index < -0.39 is 0 Å². The molecular weight excluding hydrogens is 312 g/mol. The maximum absolute atomic E-state index is 5.87. The van der Waals surface area contributed by atoms with Gasteiger partial charge in [0.25, 0.3) is 0 Å². The fourth-order valence-electron chi connectivity index (χ4n) is 1.15. The second-order valence-electron chi connectivity index (χ2n) is 2.76. The van der Waals surface area contributed by atoms with E-state index in [0.717, 1.165) is 21.6 Å². The fraction of sp³-hybridized carbons (Fsp3) is 0.100. The van der Waals surface area contributed by atoms with Crippen molar-refractivity contribution in [3.05, 3.63) is 41.4 Å². The molecule has 1 aromatic heterocycles. The first-order chi connectivity index (χ1) is 6.79. The summed E-state index contributed by atoms with van der Waals surface area (Å²) in [7, 11) is 0. The monoisotopic (exact) mass is 319 g/mol. The molecule has 0 radical (unpaired) electrons. The Morgan fingerprint density at radius 2 is 2.29 bits per heavy atom. The topological polar surface area (TPSA) is 26.0 Å². The van der Waals surface area contributed by atoms with Crippen molar-refractivity contribution in [1.29, 1.82) is 0 Å². The van der Waals surface area contributed by atoms with Gasteiger partial charge >= 0.3 is 0 Å². The molecule has 0 aliphatic rings. The van der Waals surface area contributed by atoms with Gasteiger partial charge in [0.15, 0.2) is 5.76 Å². The number of oxazole rings is 1. The molecule has 0 N–H and O–H groups in total. The van der Waals surface area contributed by atoms with Gasteiger partial charge in [-0.05, 0) is 12.1 Å². The molecule has 0 amide bonds. The third-order valence-corrected chi connectivity index (χ3v) is 2.66. The fourth-order valence-corrected chi connectivity index (χ4v) is 1.69. The zero-order valence-electron chi connectivity index (χ0n) is 7.21. The molecule has 0 spiro atoms. The van der Waals surface area contributed by atoms with E-state index in [9.17, 15) is 0 Å². The van der Waals surface area contributed by atoms with Gasteiger partial charge in [0, 0.05) is 10.6 Å². The number of halogens is 2. The number of nitrogens with zero attached hydrogens (tertiary/aromatic N) is 1. The average Bonchev–Trinajstić information content (AvgIpc) is 2.66. The van der Waals surface area contributed by atoms with Crippen LogP contribution in [0.2, 0.25) is 5.02 Å². The van der Waals surface area contributed by atoms with E-state index in [4.69, 9.17) is 16.0 Å². The van der Waals surface area contributed by atoms with E-state index in [0.29, 0.717) is 5.02 Å². The highest BCUT2D eigenvalue weighted by Crippen LogP contribution is 2.23. The molecule has 1 aromatic carbocycles. The van der Waals surface area contributed by atoms with Crippen molar-refractivity contribution in [2.45, 2.75) is 4.43 Å². The summed E-state index contributed by atoms with van der Waals surface area (Å²) in [4.78, 5) is 4.12. The molecule has 72 valence electrons. The van der Waals surface area contributed by atoms with Crippen molar-refractivity contribution in [1.82, 2.24) is 4.98 Å². The van der Waals surface area contributed by atoms with Crippen LogP contribution in [0.4, 0.5) is 0 Å².